The highest BCUT2D eigenvalue weighted by Gasteiger charge is 2.24. The number of hydrogen-bond donors (Lipinski definition) is 2. The zero-order chi connectivity index (χ0) is 11.5. The van der Waals surface area contributed by atoms with E-state index in [1.807, 2.05) is 0 Å². The SMILES string of the molecule is CC1CCN(Cc2nccc(N)n2)CC1O. The molecule has 1 aliphatic heterocycles. The third-order valence-electron chi connectivity index (χ3n) is 3.09. The molecule has 2 atom stereocenters. The highest BCUT2D eigenvalue weighted by molar-refractivity contribution is 5.24. The lowest BCUT2D eigenvalue weighted by molar-refractivity contribution is 0.0249. The Hall–Kier alpha value is -1.20. The molecule has 5 heteroatoms. The number of nitrogens with zero attached hydrogens (tertiary/aromatic N) is 3. The first kappa shape index (κ1) is 11.3. The third kappa shape index (κ3) is 2.68. The molecule has 1 aliphatic rings. The van der Waals surface area contributed by atoms with Crippen molar-refractivity contribution in [2.45, 2.75) is 26.0 Å². The van der Waals surface area contributed by atoms with E-state index in [0.717, 1.165) is 18.8 Å². The molecule has 16 heavy (non-hydrogen) atoms. The van der Waals surface area contributed by atoms with Gasteiger partial charge in [-0.15, -0.1) is 0 Å². The number of aliphatic hydroxyl groups excluding tert-OH is 1. The highest BCUT2D eigenvalue weighted by Crippen LogP contribution is 2.17. The molecule has 3 N–H and O–H groups in total. The monoisotopic (exact) mass is 222 g/mol. The van der Waals surface area contributed by atoms with Crippen molar-refractivity contribution in [3.63, 3.8) is 0 Å². The van der Waals surface area contributed by atoms with E-state index in [0.29, 0.717) is 24.8 Å². The van der Waals surface area contributed by atoms with Crippen LogP contribution in [0.15, 0.2) is 12.3 Å². The first-order valence-electron chi connectivity index (χ1n) is 5.63. The predicted molar refractivity (Wildman–Crippen MR) is 61.5 cm³/mol. The molecule has 88 valence electrons. The number of anilines is 1. The van der Waals surface area contributed by atoms with Crippen LogP contribution in [0.25, 0.3) is 0 Å². The molecule has 0 bridgehead atoms. The average molecular weight is 222 g/mol. The Morgan fingerprint density at radius 2 is 2.44 bits per heavy atom. The van der Waals surface area contributed by atoms with Crippen LogP contribution in [0.3, 0.4) is 0 Å². The fourth-order valence-electron chi connectivity index (χ4n) is 1.95. The molecule has 0 spiro atoms. The summed E-state index contributed by atoms with van der Waals surface area (Å²) >= 11 is 0. The van der Waals surface area contributed by atoms with E-state index in [4.69, 9.17) is 5.73 Å². The lowest BCUT2D eigenvalue weighted by Crippen LogP contribution is -2.42. The fraction of sp³-hybridized carbons (Fsp3) is 0.636. The summed E-state index contributed by atoms with van der Waals surface area (Å²) in [7, 11) is 0. The van der Waals surface area contributed by atoms with Crippen LogP contribution < -0.4 is 5.73 Å². The molecule has 2 heterocycles. The number of hydrogen-bond acceptors (Lipinski definition) is 5. The molecule has 0 aliphatic carbocycles. The molecule has 5 nitrogen and oxygen atoms in total. The van der Waals surface area contributed by atoms with E-state index in [1.54, 1.807) is 12.3 Å². The molecule has 2 unspecified atom stereocenters. The smallest absolute Gasteiger partial charge is 0.144 e. The summed E-state index contributed by atoms with van der Waals surface area (Å²) < 4.78 is 0. The summed E-state index contributed by atoms with van der Waals surface area (Å²) in [6, 6.07) is 1.68. The second-order valence-corrected chi connectivity index (χ2v) is 4.47. The standard InChI is InChI=1S/C11H18N4O/c1-8-3-5-15(6-9(8)16)7-11-13-4-2-10(12)14-11/h2,4,8-9,16H,3,5-7H2,1H3,(H2,12,13,14). The Balaban J connectivity index is 1.95. The van der Waals surface area contributed by atoms with Crippen molar-refractivity contribution in [3.8, 4) is 0 Å². The van der Waals surface area contributed by atoms with Crippen LogP contribution in [0.1, 0.15) is 19.2 Å². The van der Waals surface area contributed by atoms with Crippen LogP contribution in [-0.2, 0) is 6.54 Å². The zero-order valence-electron chi connectivity index (χ0n) is 9.50. The second-order valence-electron chi connectivity index (χ2n) is 4.47. The van der Waals surface area contributed by atoms with E-state index in [-0.39, 0.29) is 6.10 Å². The summed E-state index contributed by atoms with van der Waals surface area (Å²) in [6.07, 6.45) is 2.44. The maximum absolute atomic E-state index is 9.77. The van der Waals surface area contributed by atoms with Gasteiger partial charge in [0.15, 0.2) is 0 Å². The van der Waals surface area contributed by atoms with E-state index in [1.165, 1.54) is 0 Å². The van der Waals surface area contributed by atoms with Crippen LogP contribution in [0.4, 0.5) is 5.82 Å². The van der Waals surface area contributed by atoms with Crippen molar-refractivity contribution in [1.29, 1.82) is 0 Å². The van der Waals surface area contributed by atoms with Crippen molar-refractivity contribution in [1.82, 2.24) is 14.9 Å². The number of likely N-dealkylation sites (tertiary alicyclic amines) is 1. The van der Waals surface area contributed by atoms with Crippen molar-refractivity contribution in [2.24, 2.45) is 5.92 Å². The van der Waals surface area contributed by atoms with Crippen LogP contribution in [0.2, 0.25) is 0 Å². The van der Waals surface area contributed by atoms with Crippen molar-refractivity contribution in [3.05, 3.63) is 18.1 Å². The van der Waals surface area contributed by atoms with Gasteiger partial charge in [0.1, 0.15) is 11.6 Å². The number of aliphatic hydroxyl groups is 1. The lowest BCUT2D eigenvalue weighted by Gasteiger charge is -2.33. The Labute approximate surface area is 95.3 Å². The Kier molecular flexibility index (Phi) is 3.36. The maximum Gasteiger partial charge on any atom is 0.144 e. The van der Waals surface area contributed by atoms with Crippen LogP contribution in [-0.4, -0.2) is 39.2 Å². The van der Waals surface area contributed by atoms with Gasteiger partial charge in [-0.05, 0) is 24.9 Å². The molecule has 2 rings (SSSR count). The van der Waals surface area contributed by atoms with Crippen molar-refractivity contribution in [2.75, 3.05) is 18.8 Å². The van der Waals surface area contributed by atoms with Gasteiger partial charge in [-0.25, -0.2) is 9.97 Å². The van der Waals surface area contributed by atoms with Crippen LogP contribution in [0, 0.1) is 5.92 Å². The lowest BCUT2D eigenvalue weighted by atomic mass is 9.96. The summed E-state index contributed by atoms with van der Waals surface area (Å²) in [5.74, 6) is 1.61. The summed E-state index contributed by atoms with van der Waals surface area (Å²) in [5, 5.41) is 9.77. The van der Waals surface area contributed by atoms with E-state index in [2.05, 4.69) is 21.8 Å². The van der Waals surface area contributed by atoms with Crippen molar-refractivity contribution < 1.29 is 5.11 Å². The normalized spacial score (nSPS) is 26.9. The zero-order valence-corrected chi connectivity index (χ0v) is 9.50. The number of nitrogen functional groups attached to an aromatic ring is 1. The van der Waals surface area contributed by atoms with Crippen LogP contribution in [0.5, 0.6) is 0 Å². The minimum atomic E-state index is -0.241. The number of nitrogens with two attached hydrogens (primary N) is 1. The summed E-state index contributed by atoms with van der Waals surface area (Å²) in [5.41, 5.74) is 5.59. The molecule has 0 saturated carbocycles. The minimum absolute atomic E-state index is 0.241. The number of rotatable bonds is 2. The molecule has 0 radical (unpaired) electrons. The quantitative estimate of drug-likeness (QED) is 0.751. The van der Waals surface area contributed by atoms with Gasteiger partial charge in [0.2, 0.25) is 0 Å². The molecule has 0 amide bonds. The van der Waals surface area contributed by atoms with E-state index in [9.17, 15) is 5.11 Å². The first-order chi connectivity index (χ1) is 7.65. The second kappa shape index (κ2) is 4.76. The van der Waals surface area contributed by atoms with Crippen molar-refractivity contribution >= 4 is 5.82 Å². The summed E-state index contributed by atoms with van der Waals surface area (Å²) in [4.78, 5) is 10.5. The van der Waals surface area contributed by atoms with Gasteiger partial charge in [0, 0.05) is 12.7 Å². The molecular weight excluding hydrogens is 204 g/mol. The summed E-state index contributed by atoms with van der Waals surface area (Å²) in [6.45, 7) is 4.42. The van der Waals surface area contributed by atoms with Gasteiger partial charge in [-0.3, -0.25) is 4.90 Å². The fourth-order valence-corrected chi connectivity index (χ4v) is 1.95. The van der Waals surface area contributed by atoms with Gasteiger partial charge in [-0.1, -0.05) is 6.92 Å². The molecule has 0 aromatic carbocycles. The van der Waals surface area contributed by atoms with Gasteiger partial charge < -0.3 is 10.8 Å². The van der Waals surface area contributed by atoms with Crippen LogP contribution >= 0.6 is 0 Å². The maximum atomic E-state index is 9.77. The Morgan fingerprint density at radius 3 is 3.12 bits per heavy atom. The molecule has 1 saturated heterocycles. The Bertz CT molecular complexity index is 358. The van der Waals surface area contributed by atoms with Gasteiger partial charge >= 0.3 is 0 Å². The minimum Gasteiger partial charge on any atom is -0.392 e. The van der Waals surface area contributed by atoms with E-state index >= 15 is 0 Å². The molecular formula is C11H18N4O. The van der Waals surface area contributed by atoms with Gasteiger partial charge in [-0.2, -0.15) is 0 Å². The number of β-amino-alcohol motifs (C(OH)–C–C–N with tert-alkyl or cyclic N) is 1. The number of piperidine rings is 1. The Morgan fingerprint density at radius 1 is 1.62 bits per heavy atom. The molecule has 1 fully saturated rings. The molecule has 1 aromatic rings. The largest absolute Gasteiger partial charge is 0.392 e. The predicted octanol–water partition coefficient (Wildman–Crippen LogP) is 0.261. The third-order valence-corrected chi connectivity index (χ3v) is 3.09. The van der Waals surface area contributed by atoms with E-state index < -0.39 is 0 Å². The number of aromatic nitrogens is 2. The topological polar surface area (TPSA) is 75.3 Å². The first-order valence-corrected chi connectivity index (χ1v) is 5.63. The molecule has 1 aromatic heterocycles. The average Bonchev–Trinajstić information content (AvgIpc) is 2.24. The van der Waals surface area contributed by atoms with Gasteiger partial charge in [0.25, 0.3) is 0 Å². The van der Waals surface area contributed by atoms with Gasteiger partial charge in [0.05, 0.1) is 12.6 Å². The highest BCUT2D eigenvalue weighted by atomic mass is 16.3.